The van der Waals surface area contributed by atoms with Crippen molar-refractivity contribution in [2.75, 3.05) is 7.11 Å². The molecule has 1 unspecified atom stereocenters. The number of ether oxygens (including phenoxy) is 1. The van der Waals surface area contributed by atoms with Crippen LogP contribution in [0.15, 0.2) is 29.3 Å². The molecule has 2 aromatic heterocycles. The van der Waals surface area contributed by atoms with Gasteiger partial charge >= 0.3 is 5.69 Å². The van der Waals surface area contributed by atoms with E-state index >= 15 is 0 Å². The zero-order valence-corrected chi connectivity index (χ0v) is 12.6. The zero-order chi connectivity index (χ0) is 16.4. The molecule has 1 fully saturated rings. The minimum atomic E-state index is -0.433. The number of aromatic nitrogens is 3. The summed E-state index contributed by atoms with van der Waals surface area (Å²) in [4.78, 5) is 32.4. The number of imidazole rings is 1. The quantitative estimate of drug-likeness (QED) is 0.634. The molecule has 0 aliphatic heterocycles. The Morgan fingerprint density at radius 2 is 2.26 bits per heavy atom. The first-order chi connectivity index (χ1) is 11.1. The predicted molar refractivity (Wildman–Crippen MR) is 81.1 cm³/mol. The normalized spacial score (nSPS) is 21.3. The van der Waals surface area contributed by atoms with E-state index in [-0.39, 0.29) is 29.7 Å². The molecule has 0 saturated heterocycles. The molecule has 0 radical (unpaired) electrons. The first-order valence-corrected chi connectivity index (χ1v) is 7.33. The molecule has 1 atom stereocenters. The second-order valence-corrected chi connectivity index (χ2v) is 5.63. The van der Waals surface area contributed by atoms with Crippen molar-refractivity contribution in [2.45, 2.75) is 25.0 Å². The molecule has 0 bridgehead atoms. The number of carbonyl (C=O) groups is 1. The van der Waals surface area contributed by atoms with E-state index in [1.54, 1.807) is 12.3 Å². The minimum absolute atomic E-state index is 0.120. The molecule has 122 valence electrons. The Bertz CT molecular complexity index is 730. The second-order valence-electron chi connectivity index (χ2n) is 5.63. The largest absolute Gasteiger partial charge is 0.481 e. The Labute approximate surface area is 131 Å². The highest BCUT2D eigenvalue weighted by Gasteiger charge is 2.36. The van der Waals surface area contributed by atoms with Crippen LogP contribution in [0, 0.1) is 5.92 Å². The SMILES string of the molecule is COc1ccc(C(NC(=O)c2c[nH]c(=O)[nH]2)C2CC(O)C2)cn1. The van der Waals surface area contributed by atoms with Crippen molar-refractivity contribution in [3.8, 4) is 5.88 Å². The van der Waals surface area contributed by atoms with E-state index in [0.29, 0.717) is 18.7 Å². The van der Waals surface area contributed by atoms with Gasteiger partial charge in [0.15, 0.2) is 0 Å². The van der Waals surface area contributed by atoms with Crippen molar-refractivity contribution in [3.05, 3.63) is 46.3 Å². The molecule has 0 spiro atoms. The molecule has 4 N–H and O–H groups in total. The molecule has 1 saturated carbocycles. The summed E-state index contributed by atoms with van der Waals surface area (Å²) in [6.45, 7) is 0. The molecule has 2 heterocycles. The number of amides is 1. The van der Waals surface area contributed by atoms with Crippen LogP contribution in [0.2, 0.25) is 0 Å². The number of nitrogens with zero attached hydrogens (tertiary/aromatic N) is 1. The van der Waals surface area contributed by atoms with Crippen LogP contribution in [0.5, 0.6) is 5.88 Å². The van der Waals surface area contributed by atoms with Crippen molar-refractivity contribution < 1.29 is 14.6 Å². The summed E-state index contributed by atoms with van der Waals surface area (Å²) in [6, 6.07) is 3.27. The number of aliphatic hydroxyl groups excluding tert-OH is 1. The van der Waals surface area contributed by atoms with Gasteiger partial charge in [0.05, 0.1) is 19.3 Å². The molecule has 8 heteroatoms. The van der Waals surface area contributed by atoms with Crippen molar-refractivity contribution >= 4 is 5.91 Å². The van der Waals surface area contributed by atoms with Crippen LogP contribution in [-0.4, -0.2) is 39.2 Å². The maximum absolute atomic E-state index is 12.3. The molecule has 1 aliphatic carbocycles. The number of aliphatic hydroxyl groups is 1. The van der Waals surface area contributed by atoms with Crippen molar-refractivity contribution in [3.63, 3.8) is 0 Å². The number of methoxy groups -OCH3 is 1. The number of H-pyrrole nitrogens is 2. The number of hydrogen-bond donors (Lipinski definition) is 4. The van der Waals surface area contributed by atoms with Gasteiger partial charge in [-0.25, -0.2) is 9.78 Å². The number of carbonyl (C=O) groups excluding carboxylic acids is 1. The van der Waals surface area contributed by atoms with Gasteiger partial charge in [-0.3, -0.25) is 4.79 Å². The number of nitrogens with one attached hydrogen (secondary N) is 3. The summed E-state index contributed by atoms with van der Waals surface area (Å²) in [5, 5.41) is 12.5. The maximum atomic E-state index is 12.3. The van der Waals surface area contributed by atoms with E-state index in [0.717, 1.165) is 5.56 Å². The maximum Gasteiger partial charge on any atom is 0.323 e. The van der Waals surface area contributed by atoms with Gasteiger partial charge < -0.3 is 25.1 Å². The van der Waals surface area contributed by atoms with E-state index in [1.165, 1.54) is 13.3 Å². The Balaban J connectivity index is 1.80. The van der Waals surface area contributed by atoms with Crippen LogP contribution in [0.1, 0.15) is 34.9 Å². The molecular weight excluding hydrogens is 300 g/mol. The lowest BCUT2D eigenvalue weighted by Gasteiger charge is -2.38. The van der Waals surface area contributed by atoms with E-state index in [9.17, 15) is 14.7 Å². The Kier molecular flexibility index (Phi) is 4.16. The van der Waals surface area contributed by atoms with E-state index in [1.807, 2.05) is 6.07 Å². The van der Waals surface area contributed by atoms with Gasteiger partial charge in [-0.1, -0.05) is 6.07 Å². The molecule has 0 aromatic carbocycles. The lowest BCUT2D eigenvalue weighted by molar-refractivity contribution is 0.0234. The molecular formula is C15H18N4O4. The third-order valence-electron chi connectivity index (χ3n) is 4.08. The highest BCUT2D eigenvalue weighted by atomic mass is 16.5. The summed E-state index contributed by atoms with van der Waals surface area (Å²) < 4.78 is 5.04. The van der Waals surface area contributed by atoms with Gasteiger partial charge in [-0.15, -0.1) is 0 Å². The van der Waals surface area contributed by atoms with Crippen LogP contribution >= 0.6 is 0 Å². The molecule has 2 aromatic rings. The summed E-state index contributed by atoms with van der Waals surface area (Å²) >= 11 is 0. The second kappa shape index (κ2) is 6.25. The summed E-state index contributed by atoms with van der Waals surface area (Å²) in [6.07, 6.45) is 3.87. The van der Waals surface area contributed by atoms with Gasteiger partial charge in [0.1, 0.15) is 5.69 Å². The van der Waals surface area contributed by atoms with Crippen LogP contribution in [0.4, 0.5) is 0 Å². The lowest BCUT2D eigenvalue weighted by Crippen LogP contribution is -2.41. The number of aromatic amines is 2. The van der Waals surface area contributed by atoms with Gasteiger partial charge in [-0.05, 0) is 24.3 Å². The number of rotatable bonds is 5. The summed E-state index contributed by atoms with van der Waals surface area (Å²) in [7, 11) is 1.53. The monoisotopic (exact) mass is 318 g/mol. The fourth-order valence-corrected chi connectivity index (χ4v) is 2.75. The summed E-state index contributed by atoms with van der Waals surface area (Å²) in [5.74, 6) is 0.225. The highest BCUT2D eigenvalue weighted by Crippen LogP contribution is 2.38. The van der Waals surface area contributed by atoms with Crippen molar-refractivity contribution in [2.24, 2.45) is 5.92 Å². The van der Waals surface area contributed by atoms with Crippen LogP contribution in [-0.2, 0) is 0 Å². The van der Waals surface area contributed by atoms with E-state index in [2.05, 4.69) is 20.3 Å². The van der Waals surface area contributed by atoms with E-state index < -0.39 is 5.69 Å². The fourth-order valence-electron chi connectivity index (χ4n) is 2.75. The first kappa shape index (κ1) is 15.3. The van der Waals surface area contributed by atoms with Crippen LogP contribution in [0.25, 0.3) is 0 Å². The Morgan fingerprint density at radius 1 is 1.48 bits per heavy atom. The van der Waals surface area contributed by atoms with Crippen LogP contribution < -0.4 is 15.7 Å². The third-order valence-corrected chi connectivity index (χ3v) is 4.08. The molecule has 3 rings (SSSR count). The van der Waals surface area contributed by atoms with Crippen molar-refractivity contribution in [1.82, 2.24) is 20.3 Å². The lowest BCUT2D eigenvalue weighted by atomic mass is 9.75. The van der Waals surface area contributed by atoms with Gasteiger partial charge in [0.2, 0.25) is 5.88 Å². The predicted octanol–water partition coefficient (Wildman–Crippen LogP) is 0.349. The smallest absolute Gasteiger partial charge is 0.323 e. The standard InChI is InChI=1S/C15H18N4O4/c1-23-12-3-2-8(6-16-12)13(9-4-10(20)5-9)19-14(21)11-7-17-15(22)18-11/h2-3,6-7,9-10,13,20H,4-5H2,1H3,(H,19,21)(H2,17,18,22). The van der Waals surface area contributed by atoms with Crippen molar-refractivity contribution in [1.29, 1.82) is 0 Å². The summed E-state index contributed by atoms with van der Waals surface area (Å²) in [5.41, 5.74) is 0.562. The zero-order valence-electron chi connectivity index (χ0n) is 12.6. The highest BCUT2D eigenvalue weighted by molar-refractivity contribution is 5.92. The third kappa shape index (κ3) is 3.26. The molecule has 23 heavy (non-hydrogen) atoms. The van der Waals surface area contributed by atoms with Gasteiger partial charge in [-0.2, -0.15) is 0 Å². The molecule has 1 aliphatic rings. The van der Waals surface area contributed by atoms with Crippen LogP contribution in [0.3, 0.4) is 0 Å². The van der Waals surface area contributed by atoms with Gasteiger partial charge in [0.25, 0.3) is 5.91 Å². The fraction of sp³-hybridized carbons (Fsp3) is 0.400. The Hall–Kier alpha value is -2.61. The Morgan fingerprint density at radius 3 is 2.78 bits per heavy atom. The number of pyridine rings is 1. The first-order valence-electron chi connectivity index (χ1n) is 7.33. The molecule has 8 nitrogen and oxygen atoms in total. The topological polar surface area (TPSA) is 120 Å². The van der Waals surface area contributed by atoms with Gasteiger partial charge in [0, 0.05) is 18.5 Å². The minimum Gasteiger partial charge on any atom is -0.481 e. The molecule has 1 amide bonds. The number of hydrogen-bond acceptors (Lipinski definition) is 5. The van der Waals surface area contributed by atoms with E-state index in [4.69, 9.17) is 4.74 Å². The average Bonchev–Trinajstić information content (AvgIpc) is 2.96. The average molecular weight is 318 g/mol.